The van der Waals surface area contributed by atoms with Gasteiger partial charge in [0, 0.05) is 25.9 Å². The molecular formula is C38H54N2O5Si. The molecule has 0 fully saturated rings. The van der Waals surface area contributed by atoms with Gasteiger partial charge in [-0.05, 0) is 90.2 Å². The van der Waals surface area contributed by atoms with Crippen LogP contribution in [0.5, 0.6) is 11.5 Å². The summed E-state index contributed by atoms with van der Waals surface area (Å²) in [5.41, 5.74) is 5.42. The van der Waals surface area contributed by atoms with Crippen molar-refractivity contribution in [2.75, 3.05) is 53.1 Å². The predicted octanol–water partition coefficient (Wildman–Crippen LogP) is 8.74. The highest BCUT2D eigenvalue weighted by atomic mass is 28.4. The number of ether oxygens (including phenoxy) is 3. The molecule has 0 atom stereocenters. The highest BCUT2D eigenvalue weighted by Crippen LogP contribution is 2.43. The second-order valence-corrected chi connectivity index (χ2v) is 18.3. The van der Waals surface area contributed by atoms with Crippen LogP contribution in [0, 0.1) is 0 Å². The van der Waals surface area contributed by atoms with Crippen LogP contribution in [0.15, 0.2) is 78.9 Å². The van der Waals surface area contributed by atoms with Gasteiger partial charge in [0.2, 0.25) is 0 Å². The Bertz CT molecular complexity index is 1350. The van der Waals surface area contributed by atoms with Gasteiger partial charge in [-0.15, -0.1) is 0 Å². The molecule has 1 N–H and O–H groups in total. The summed E-state index contributed by atoms with van der Waals surface area (Å²) in [6.45, 7) is 15.9. The molecule has 0 aliphatic rings. The molecule has 0 spiro atoms. The molecule has 0 radical (unpaired) electrons. The Kier molecular flexibility index (Phi) is 14.5. The normalized spacial score (nSPS) is 12.5. The smallest absolute Gasteiger partial charge is 0.256 e. The van der Waals surface area contributed by atoms with Crippen molar-refractivity contribution in [1.29, 1.82) is 0 Å². The number of anilines is 1. The first kappa shape index (κ1) is 37.0. The van der Waals surface area contributed by atoms with Gasteiger partial charge in [-0.25, -0.2) is 0 Å². The minimum Gasteiger partial charge on any atom is -0.492 e. The van der Waals surface area contributed by atoms with Crippen molar-refractivity contribution in [3.63, 3.8) is 0 Å². The van der Waals surface area contributed by atoms with E-state index in [0.29, 0.717) is 53.3 Å². The number of benzene rings is 3. The Morgan fingerprint density at radius 1 is 0.739 bits per heavy atom. The van der Waals surface area contributed by atoms with Crippen LogP contribution in [0.1, 0.15) is 59.1 Å². The van der Waals surface area contributed by atoms with E-state index < -0.39 is 8.32 Å². The van der Waals surface area contributed by atoms with E-state index in [4.69, 9.17) is 18.6 Å². The maximum atomic E-state index is 14.3. The number of nitrogens with one attached hydrogen (secondary N) is 1. The minimum absolute atomic E-state index is 0.150. The summed E-state index contributed by atoms with van der Waals surface area (Å²) in [6, 6.07) is 25.3. The number of carbonyl (C=O) groups is 1. The van der Waals surface area contributed by atoms with Gasteiger partial charge in [0.25, 0.3) is 5.91 Å². The van der Waals surface area contributed by atoms with Crippen molar-refractivity contribution in [1.82, 2.24) is 4.90 Å². The summed E-state index contributed by atoms with van der Waals surface area (Å²) < 4.78 is 23.6. The quantitative estimate of drug-likeness (QED) is 0.0645. The Labute approximate surface area is 278 Å². The molecule has 0 bridgehead atoms. The van der Waals surface area contributed by atoms with E-state index in [1.54, 1.807) is 7.11 Å². The Morgan fingerprint density at radius 2 is 1.30 bits per heavy atom. The summed E-state index contributed by atoms with van der Waals surface area (Å²) in [6.07, 6.45) is 0.592. The molecule has 0 saturated carbocycles. The van der Waals surface area contributed by atoms with Crippen LogP contribution in [0.3, 0.4) is 0 Å². The highest BCUT2D eigenvalue weighted by molar-refractivity contribution is 6.77. The fraction of sp³-hybridized carbons (Fsp3) is 0.447. The molecule has 0 aliphatic carbocycles. The molecule has 3 aromatic carbocycles. The maximum Gasteiger partial charge on any atom is 0.256 e. The van der Waals surface area contributed by atoms with Crippen LogP contribution >= 0.6 is 0 Å². The van der Waals surface area contributed by atoms with Crippen molar-refractivity contribution >= 4 is 31.1 Å². The lowest BCUT2D eigenvalue weighted by Crippen LogP contribution is -2.48. The molecule has 8 heteroatoms. The molecule has 7 nitrogen and oxygen atoms in total. The molecule has 250 valence electrons. The van der Waals surface area contributed by atoms with E-state index >= 15 is 0 Å². The zero-order valence-corrected chi connectivity index (χ0v) is 30.3. The topological polar surface area (TPSA) is 69.3 Å². The maximum absolute atomic E-state index is 14.3. The predicted molar refractivity (Wildman–Crippen MR) is 193 cm³/mol. The number of likely N-dealkylation sites (N-methyl/N-ethyl adjacent to an activating group) is 1. The number of carbonyl (C=O) groups excluding carboxylic acids is 1. The number of hydrogen-bond donors (Lipinski definition) is 1. The van der Waals surface area contributed by atoms with Gasteiger partial charge in [-0.1, -0.05) is 84.0 Å². The summed E-state index contributed by atoms with van der Waals surface area (Å²) in [4.78, 5) is 16.4. The monoisotopic (exact) mass is 646 g/mol. The molecule has 3 rings (SSSR count). The van der Waals surface area contributed by atoms with Gasteiger partial charge in [0.1, 0.15) is 18.1 Å². The molecule has 0 heterocycles. The zero-order chi connectivity index (χ0) is 33.7. The van der Waals surface area contributed by atoms with Gasteiger partial charge in [-0.3, -0.25) is 4.79 Å². The largest absolute Gasteiger partial charge is 0.492 e. The van der Waals surface area contributed by atoms with E-state index in [0.717, 1.165) is 29.0 Å². The lowest BCUT2D eigenvalue weighted by atomic mass is 9.92. The molecule has 0 unspecified atom stereocenters. The van der Waals surface area contributed by atoms with Gasteiger partial charge >= 0.3 is 0 Å². The number of rotatable bonds is 18. The third-order valence-corrected chi connectivity index (χ3v) is 14.6. The first-order chi connectivity index (χ1) is 22.0. The van der Waals surface area contributed by atoms with Crippen molar-refractivity contribution in [3.05, 3.63) is 90.0 Å². The van der Waals surface area contributed by atoms with E-state index in [1.165, 1.54) is 0 Å². The summed E-state index contributed by atoms with van der Waals surface area (Å²) in [5.74, 6) is 1.24. The first-order valence-electron chi connectivity index (χ1n) is 16.3. The molecule has 46 heavy (non-hydrogen) atoms. The SMILES string of the molecule is COCOc1ccc(/C(C(=O)Nc2ccc(OCCN(C)C)cc2)=C(\CCO[Si](C(C)C)(C(C)C)C(C)C)c2ccccc2)cc1. The lowest BCUT2D eigenvalue weighted by molar-refractivity contribution is -0.111. The lowest BCUT2D eigenvalue weighted by Gasteiger charge is -2.42. The van der Waals surface area contributed by atoms with E-state index in [9.17, 15) is 4.79 Å². The number of hydrogen-bond acceptors (Lipinski definition) is 6. The first-order valence-corrected chi connectivity index (χ1v) is 18.5. The van der Waals surface area contributed by atoms with Crippen LogP contribution in [0.25, 0.3) is 11.1 Å². The van der Waals surface area contributed by atoms with Crippen LogP contribution < -0.4 is 14.8 Å². The van der Waals surface area contributed by atoms with Crippen molar-refractivity contribution < 1.29 is 23.4 Å². The highest BCUT2D eigenvalue weighted by Gasteiger charge is 2.45. The Balaban J connectivity index is 2.03. The van der Waals surface area contributed by atoms with Gasteiger partial charge < -0.3 is 28.9 Å². The molecule has 0 saturated heterocycles. The van der Waals surface area contributed by atoms with Gasteiger partial charge in [0.05, 0.1) is 5.57 Å². The number of nitrogens with zero attached hydrogens (tertiary/aromatic N) is 1. The van der Waals surface area contributed by atoms with Gasteiger partial charge in [0.15, 0.2) is 15.1 Å². The average Bonchev–Trinajstić information content (AvgIpc) is 3.02. The Hall–Kier alpha value is -3.43. The van der Waals surface area contributed by atoms with Gasteiger partial charge in [-0.2, -0.15) is 0 Å². The Morgan fingerprint density at radius 3 is 1.85 bits per heavy atom. The van der Waals surface area contributed by atoms with E-state index in [1.807, 2.05) is 80.8 Å². The average molecular weight is 647 g/mol. The third-order valence-electron chi connectivity index (χ3n) is 8.47. The van der Waals surface area contributed by atoms with E-state index in [2.05, 4.69) is 63.9 Å². The van der Waals surface area contributed by atoms with Crippen LogP contribution in [0.2, 0.25) is 16.6 Å². The molecule has 0 aliphatic heterocycles. The molecular weight excluding hydrogens is 593 g/mol. The molecule has 3 aromatic rings. The molecule has 1 amide bonds. The van der Waals surface area contributed by atoms with Crippen LogP contribution in [-0.4, -0.2) is 66.9 Å². The van der Waals surface area contributed by atoms with Crippen LogP contribution in [0.4, 0.5) is 5.69 Å². The summed E-state index contributed by atoms with van der Waals surface area (Å²) in [5, 5.41) is 3.16. The fourth-order valence-corrected chi connectivity index (χ4v) is 11.8. The summed E-state index contributed by atoms with van der Waals surface area (Å²) in [7, 11) is 3.51. The van der Waals surface area contributed by atoms with Crippen LogP contribution in [-0.2, 0) is 14.0 Å². The third kappa shape index (κ3) is 10.0. The number of methoxy groups -OCH3 is 1. The summed E-state index contributed by atoms with van der Waals surface area (Å²) >= 11 is 0. The van der Waals surface area contributed by atoms with Crippen molar-refractivity contribution in [2.24, 2.45) is 0 Å². The zero-order valence-electron chi connectivity index (χ0n) is 29.3. The number of amides is 1. The fourth-order valence-electron chi connectivity index (χ4n) is 6.34. The standard InChI is InChI=1S/C38H54N2O5Si/c1-28(2)46(29(3)4,30(5)6)45-25-23-36(31-13-11-10-12-14-31)37(32-15-19-35(20-16-32)44-27-42-9)38(41)39-33-17-21-34(22-18-33)43-26-24-40(7)8/h10-22,28-30H,23-27H2,1-9H3,(H,39,41)/b37-36-. The van der Waals surface area contributed by atoms with Crippen molar-refractivity contribution in [2.45, 2.75) is 64.6 Å². The minimum atomic E-state index is -2.11. The second kappa shape index (κ2) is 18.0. The van der Waals surface area contributed by atoms with Crippen molar-refractivity contribution in [3.8, 4) is 11.5 Å². The van der Waals surface area contributed by atoms with E-state index in [-0.39, 0.29) is 12.7 Å². The second-order valence-electron chi connectivity index (χ2n) is 12.8. The molecule has 0 aromatic heterocycles.